The number of rotatable bonds is 3. The molecule has 0 spiro atoms. The Bertz CT molecular complexity index is 560. The fraction of sp³-hybridized carbons (Fsp3) is 0.286. The van der Waals surface area contributed by atoms with E-state index in [1.54, 1.807) is 4.90 Å². The van der Waals surface area contributed by atoms with Crippen LogP contribution in [0.2, 0.25) is 0 Å². The summed E-state index contributed by atoms with van der Waals surface area (Å²) in [4.78, 5) is 24.1. The van der Waals surface area contributed by atoms with Gasteiger partial charge < -0.3 is 10.6 Å². The van der Waals surface area contributed by atoms with Gasteiger partial charge in [-0.2, -0.15) is 0 Å². The maximum Gasteiger partial charge on any atom is 0.321 e. The highest BCUT2D eigenvalue weighted by Crippen LogP contribution is 2.16. The number of carbonyl (C=O) groups excluding carboxylic acids is 2. The van der Waals surface area contributed by atoms with Crippen LogP contribution in [-0.2, 0) is 4.79 Å². The third-order valence-electron chi connectivity index (χ3n) is 2.76. The molecule has 1 fully saturated rings. The number of benzene rings is 1. The molecule has 1 saturated heterocycles. The third kappa shape index (κ3) is 3.65. The molecule has 5 nitrogen and oxygen atoms in total. The summed E-state index contributed by atoms with van der Waals surface area (Å²) in [6.07, 6.45) is 0. The van der Waals surface area contributed by atoms with Gasteiger partial charge in [0.1, 0.15) is 5.88 Å². The molecule has 6 heteroatoms. The molecule has 1 aliphatic heterocycles. The number of nitrogens with one attached hydrogen (secondary N) is 2. The summed E-state index contributed by atoms with van der Waals surface area (Å²) in [6, 6.07) is 7.32. The van der Waals surface area contributed by atoms with E-state index in [0.717, 1.165) is 11.3 Å². The number of halogens is 1. The standard InChI is InChI=1S/C14H14ClN3O2/c15-10-13(19)16-7-1-2-11-3-5-12(6-4-11)18-9-8-17-14(18)20/h3-6H,7-10H2,(H,16,19)(H,17,20). The molecule has 0 saturated carbocycles. The molecule has 0 atom stereocenters. The highest BCUT2D eigenvalue weighted by molar-refractivity contribution is 6.27. The summed E-state index contributed by atoms with van der Waals surface area (Å²) in [5.41, 5.74) is 1.68. The Morgan fingerprint density at radius 3 is 2.75 bits per heavy atom. The van der Waals surface area contributed by atoms with Gasteiger partial charge in [-0.15, -0.1) is 11.6 Å². The van der Waals surface area contributed by atoms with Gasteiger partial charge in [-0.3, -0.25) is 9.69 Å². The Kier molecular flexibility index (Phi) is 4.85. The van der Waals surface area contributed by atoms with E-state index in [-0.39, 0.29) is 24.4 Å². The van der Waals surface area contributed by atoms with Gasteiger partial charge in [0.25, 0.3) is 0 Å². The fourth-order valence-corrected chi connectivity index (χ4v) is 1.87. The second kappa shape index (κ2) is 6.83. The van der Waals surface area contributed by atoms with Crippen molar-refractivity contribution in [2.45, 2.75) is 0 Å². The van der Waals surface area contributed by atoms with Crippen LogP contribution >= 0.6 is 11.6 Å². The first-order valence-corrected chi connectivity index (χ1v) is 6.71. The molecule has 0 radical (unpaired) electrons. The number of amides is 3. The van der Waals surface area contributed by atoms with Gasteiger partial charge in [0, 0.05) is 24.3 Å². The monoisotopic (exact) mass is 291 g/mol. The van der Waals surface area contributed by atoms with Crippen molar-refractivity contribution in [2.75, 3.05) is 30.4 Å². The van der Waals surface area contributed by atoms with Gasteiger partial charge in [0.2, 0.25) is 5.91 Å². The molecular weight excluding hydrogens is 278 g/mol. The lowest BCUT2D eigenvalue weighted by molar-refractivity contribution is -0.118. The van der Waals surface area contributed by atoms with Gasteiger partial charge in [0.05, 0.1) is 6.54 Å². The minimum absolute atomic E-state index is 0.0612. The number of nitrogens with zero attached hydrogens (tertiary/aromatic N) is 1. The number of anilines is 1. The van der Waals surface area contributed by atoms with Crippen LogP contribution < -0.4 is 15.5 Å². The fourth-order valence-electron chi connectivity index (χ4n) is 1.78. The van der Waals surface area contributed by atoms with E-state index < -0.39 is 0 Å². The van der Waals surface area contributed by atoms with Gasteiger partial charge >= 0.3 is 6.03 Å². The molecule has 2 rings (SSSR count). The zero-order chi connectivity index (χ0) is 14.4. The zero-order valence-electron chi connectivity index (χ0n) is 10.8. The van der Waals surface area contributed by atoms with Crippen molar-refractivity contribution in [1.29, 1.82) is 0 Å². The van der Waals surface area contributed by atoms with Crippen LogP contribution in [0.1, 0.15) is 5.56 Å². The summed E-state index contributed by atoms with van der Waals surface area (Å²) >= 11 is 5.34. The molecule has 1 aromatic carbocycles. The predicted octanol–water partition coefficient (Wildman–Crippen LogP) is 0.923. The molecule has 3 amide bonds. The van der Waals surface area contributed by atoms with E-state index in [2.05, 4.69) is 22.5 Å². The Hall–Kier alpha value is -2.19. The number of hydrogen-bond donors (Lipinski definition) is 2. The lowest BCUT2D eigenvalue weighted by Crippen LogP contribution is -2.27. The molecule has 0 unspecified atom stereocenters. The number of hydrogen-bond acceptors (Lipinski definition) is 2. The van der Waals surface area contributed by atoms with Crippen molar-refractivity contribution >= 4 is 29.2 Å². The van der Waals surface area contributed by atoms with E-state index in [4.69, 9.17) is 11.6 Å². The van der Waals surface area contributed by atoms with E-state index >= 15 is 0 Å². The number of alkyl halides is 1. The zero-order valence-corrected chi connectivity index (χ0v) is 11.5. The Labute approximate surface area is 122 Å². The largest absolute Gasteiger partial charge is 0.344 e. The Balaban J connectivity index is 1.93. The molecular formula is C14H14ClN3O2. The van der Waals surface area contributed by atoms with Gasteiger partial charge in [-0.25, -0.2) is 4.79 Å². The first-order chi connectivity index (χ1) is 9.70. The van der Waals surface area contributed by atoms with E-state index in [1.165, 1.54) is 0 Å². The first-order valence-electron chi connectivity index (χ1n) is 6.17. The number of urea groups is 1. The lowest BCUT2D eigenvalue weighted by atomic mass is 10.2. The molecule has 2 N–H and O–H groups in total. The second-order valence-electron chi connectivity index (χ2n) is 4.14. The lowest BCUT2D eigenvalue weighted by Gasteiger charge is -2.13. The highest BCUT2D eigenvalue weighted by Gasteiger charge is 2.20. The van der Waals surface area contributed by atoms with Crippen molar-refractivity contribution in [3.05, 3.63) is 29.8 Å². The Morgan fingerprint density at radius 1 is 1.40 bits per heavy atom. The first kappa shape index (κ1) is 14.2. The molecule has 1 heterocycles. The number of carbonyl (C=O) groups is 2. The van der Waals surface area contributed by atoms with Crippen molar-refractivity contribution in [3.8, 4) is 11.8 Å². The molecule has 0 aliphatic carbocycles. The van der Waals surface area contributed by atoms with Crippen LogP contribution in [0.15, 0.2) is 24.3 Å². The van der Waals surface area contributed by atoms with Crippen molar-refractivity contribution in [3.63, 3.8) is 0 Å². The molecule has 1 aromatic rings. The molecule has 0 aromatic heterocycles. The van der Waals surface area contributed by atoms with E-state index in [1.807, 2.05) is 24.3 Å². The SMILES string of the molecule is O=C(CCl)NCC#Cc1ccc(N2CCNC2=O)cc1. The summed E-state index contributed by atoms with van der Waals surface area (Å²) in [5, 5.41) is 5.31. The van der Waals surface area contributed by atoms with Gasteiger partial charge in [-0.1, -0.05) is 11.8 Å². The molecule has 1 aliphatic rings. The van der Waals surface area contributed by atoms with Gasteiger partial charge in [0.15, 0.2) is 0 Å². The van der Waals surface area contributed by atoms with Gasteiger partial charge in [-0.05, 0) is 24.3 Å². The smallest absolute Gasteiger partial charge is 0.321 e. The quantitative estimate of drug-likeness (QED) is 0.643. The minimum atomic E-state index is -0.239. The highest BCUT2D eigenvalue weighted by atomic mass is 35.5. The average molecular weight is 292 g/mol. The summed E-state index contributed by atoms with van der Waals surface area (Å²) in [5.74, 6) is 5.46. The molecule has 104 valence electrons. The van der Waals surface area contributed by atoms with Crippen molar-refractivity contribution in [2.24, 2.45) is 0 Å². The molecule has 20 heavy (non-hydrogen) atoms. The summed E-state index contributed by atoms with van der Waals surface area (Å²) in [7, 11) is 0. The maximum absolute atomic E-state index is 11.5. The maximum atomic E-state index is 11.5. The summed E-state index contributed by atoms with van der Waals surface area (Å²) in [6.45, 7) is 1.61. The van der Waals surface area contributed by atoms with Crippen LogP contribution in [0.5, 0.6) is 0 Å². The van der Waals surface area contributed by atoms with Crippen LogP contribution in [0.3, 0.4) is 0 Å². The topological polar surface area (TPSA) is 61.4 Å². The van der Waals surface area contributed by atoms with Crippen LogP contribution in [0.4, 0.5) is 10.5 Å². The van der Waals surface area contributed by atoms with Crippen molar-refractivity contribution < 1.29 is 9.59 Å². The third-order valence-corrected chi connectivity index (χ3v) is 3.01. The minimum Gasteiger partial charge on any atom is -0.344 e. The second-order valence-corrected chi connectivity index (χ2v) is 4.41. The Morgan fingerprint density at radius 2 is 2.15 bits per heavy atom. The normalized spacial score (nSPS) is 13.4. The van der Waals surface area contributed by atoms with Crippen LogP contribution in [0.25, 0.3) is 0 Å². The average Bonchev–Trinajstić information content (AvgIpc) is 2.90. The molecule has 0 bridgehead atoms. The van der Waals surface area contributed by atoms with Crippen LogP contribution in [0, 0.1) is 11.8 Å². The van der Waals surface area contributed by atoms with E-state index in [0.29, 0.717) is 13.1 Å². The van der Waals surface area contributed by atoms with E-state index in [9.17, 15) is 9.59 Å². The van der Waals surface area contributed by atoms with Crippen molar-refractivity contribution in [1.82, 2.24) is 10.6 Å². The predicted molar refractivity (Wildman–Crippen MR) is 77.8 cm³/mol. The van der Waals surface area contributed by atoms with Crippen LogP contribution in [-0.4, -0.2) is 37.5 Å². The summed E-state index contributed by atoms with van der Waals surface area (Å²) < 4.78 is 0.